The molecule has 0 saturated carbocycles. The first-order valence-electron chi connectivity index (χ1n) is 5.17. The van der Waals surface area contributed by atoms with E-state index in [1.165, 1.54) is 0 Å². The Bertz CT molecular complexity index is 531. The van der Waals surface area contributed by atoms with Crippen molar-refractivity contribution in [1.29, 1.82) is 0 Å². The van der Waals surface area contributed by atoms with Crippen molar-refractivity contribution >= 4 is 46.2 Å². The Morgan fingerprint density at radius 1 is 1.00 bits per heavy atom. The maximum Gasteiger partial charge on any atom is 0.0905 e. The molecule has 2 rings (SSSR count). The highest BCUT2D eigenvalue weighted by molar-refractivity contribution is 7.98. The van der Waals surface area contributed by atoms with Crippen molar-refractivity contribution in [3.05, 3.63) is 34.6 Å². The molecule has 0 aliphatic carbocycles. The number of hydrogen-bond donors (Lipinski definition) is 0. The van der Waals surface area contributed by atoms with Crippen molar-refractivity contribution in [3.63, 3.8) is 0 Å². The van der Waals surface area contributed by atoms with Crippen LogP contribution in [0.5, 0.6) is 0 Å². The molecule has 0 saturated heterocycles. The van der Waals surface area contributed by atoms with Gasteiger partial charge in [0.2, 0.25) is 0 Å². The van der Waals surface area contributed by atoms with Gasteiger partial charge in [-0.25, -0.2) is 9.97 Å². The minimum Gasteiger partial charge on any atom is -0.248 e. The van der Waals surface area contributed by atoms with Crippen molar-refractivity contribution in [1.82, 2.24) is 9.97 Å². The van der Waals surface area contributed by atoms with E-state index in [1.54, 1.807) is 23.5 Å². The summed E-state index contributed by atoms with van der Waals surface area (Å²) >= 11 is 9.50. The maximum atomic E-state index is 5.97. The molecule has 0 atom stereocenters. The molecule has 2 aromatic rings. The molecule has 17 heavy (non-hydrogen) atoms. The van der Waals surface area contributed by atoms with E-state index in [0.29, 0.717) is 5.02 Å². The standard InChI is InChI=1S/C12H13ClN2S2/c1-16-6-11-12(7-17-2)15-10-5-8(13)3-4-9(10)14-11/h3-5H,6-7H2,1-2H3. The third-order valence-corrected chi connectivity index (χ3v) is 3.70. The van der Waals surface area contributed by atoms with E-state index in [2.05, 4.69) is 22.5 Å². The lowest BCUT2D eigenvalue weighted by Crippen LogP contribution is -2.00. The molecular weight excluding hydrogens is 272 g/mol. The fourth-order valence-corrected chi connectivity index (χ4v) is 2.78. The molecule has 1 heterocycles. The van der Waals surface area contributed by atoms with Crippen LogP contribution in [0.3, 0.4) is 0 Å². The monoisotopic (exact) mass is 284 g/mol. The Balaban J connectivity index is 2.55. The van der Waals surface area contributed by atoms with Crippen LogP contribution in [0.15, 0.2) is 18.2 Å². The van der Waals surface area contributed by atoms with E-state index in [1.807, 2.05) is 18.2 Å². The lowest BCUT2D eigenvalue weighted by Gasteiger charge is -2.08. The van der Waals surface area contributed by atoms with E-state index in [4.69, 9.17) is 11.6 Å². The minimum absolute atomic E-state index is 0.708. The lowest BCUT2D eigenvalue weighted by atomic mass is 10.2. The molecule has 0 aliphatic rings. The van der Waals surface area contributed by atoms with Crippen LogP contribution in [-0.2, 0) is 11.5 Å². The summed E-state index contributed by atoms with van der Waals surface area (Å²) in [5.74, 6) is 1.80. The molecule has 0 bridgehead atoms. The summed E-state index contributed by atoms with van der Waals surface area (Å²) in [7, 11) is 0. The van der Waals surface area contributed by atoms with Gasteiger partial charge in [-0.05, 0) is 30.7 Å². The highest BCUT2D eigenvalue weighted by Crippen LogP contribution is 2.21. The van der Waals surface area contributed by atoms with Gasteiger partial charge in [-0.2, -0.15) is 23.5 Å². The van der Waals surface area contributed by atoms with Gasteiger partial charge in [0.1, 0.15) is 0 Å². The van der Waals surface area contributed by atoms with Crippen molar-refractivity contribution in [2.24, 2.45) is 0 Å². The predicted molar refractivity (Wildman–Crippen MR) is 79.0 cm³/mol. The Morgan fingerprint density at radius 3 is 2.18 bits per heavy atom. The van der Waals surface area contributed by atoms with Crippen LogP contribution < -0.4 is 0 Å². The number of benzene rings is 1. The van der Waals surface area contributed by atoms with Gasteiger partial charge in [0.25, 0.3) is 0 Å². The SMILES string of the molecule is CSCc1nc2ccc(Cl)cc2nc1CSC. The fraction of sp³-hybridized carbons (Fsp3) is 0.333. The molecule has 2 nitrogen and oxygen atoms in total. The zero-order valence-corrected chi connectivity index (χ0v) is 12.1. The molecule has 0 aliphatic heterocycles. The third kappa shape index (κ3) is 3.06. The number of rotatable bonds is 4. The second-order valence-corrected chi connectivity index (χ2v) is 5.78. The zero-order valence-electron chi connectivity index (χ0n) is 9.74. The first-order chi connectivity index (χ1) is 8.24. The normalized spacial score (nSPS) is 11.0. The van der Waals surface area contributed by atoms with Gasteiger partial charge in [-0.1, -0.05) is 11.6 Å². The minimum atomic E-state index is 0.708. The number of aromatic nitrogens is 2. The lowest BCUT2D eigenvalue weighted by molar-refractivity contribution is 1.07. The molecule has 0 radical (unpaired) electrons. The topological polar surface area (TPSA) is 25.8 Å². The van der Waals surface area contributed by atoms with Gasteiger partial charge in [-0.3, -0.25) is 0 Å². The quantitative estimate of drug-likeness (QED) is 0.847. The zero-order chi connectivity index (χ0) is 12.3. The smallest absolute Gasteiger partial charge is 0.0905 e. The third-order valence-electron chi connectivity index (χ3n) is 2.34. The molecule has 0 amide bonds. The van der Waals surface area contributed by atoms with E-state index in [-0.39, 0.29) is 0 Å². The van der Waals surface area contributed by atoms with Crippen molar-refractivity contribution in [3.8, 4) is 0 Å². The average molecular weight is 285 g/mol. The van der Waals surface area contributed by atoms with Crippen LogP contribution in [0.1, 0.15) is 11.4 Å². The van der Waals surface area contributed by atoms with Gasteiger partial charge in [0.05, 0.1) is 22.4 Å². The van der Waals surface area contributed by atoms with Crippen molar-refractivity contribution in [2.75, 3.05) is 12.5 Å². The van der Waals surface area contributed by atoms with E-state index in [0.717, 1.165) is 33.9 Å². The molecule has 0 N–H and O–H groups in total. The van der Waals surface area contributed by atoms with Gasteiger partial charge in [0.15, 0.2) is 0 Å². The number of hydrogen-bond acceptors (Lipinski definition) is 4. The van der Waals surface area contributed by atoms with Crippen LogP contribution >= 0.6 is 35.1 Å². The highest BCUT2D eigenvalue weighted by Gasteiger charge is 2.08. The first-order valence-corrected chi connectivity index (χ1v) is 8.34. The molecule has 1 aromatic heterocycles. The number of thioether (sulfide) groups is 2. The van der Waals surface area contributed by atoms with Gasteiger partial charge in [0, 0.05) is 16.5 Å². The second kappa shape index (κ2) is 5.94. The Hall–Kier alpha value is -0.450. The van der Waals surface area contributed by atoms with Gasteiger partial charge >= 0.3 is 0 Å². The predicted octanol–water partition coefficient (Wildman–Crippen LogP) is 4.01. The number of fused-ring (bicyclic) bond motifs is 1. The van der Waals surface area contributed by atoms with E-state index in [9.17, 15) is 0 Å². The number of halogens is 1. The van der Waals surface area contributed by atoms with Crippen LogP contribution in [0, 0.1) is 0 Å². The highest BCUT2D eigenvalue weighted by atomic mass is 35.5. The summed E-state index contributed by atoms with van der Waals surface area (Å²) in [4.78, 5) is 9.33. The summed E-state index contributed by atoms with van der Waals surface area (Å²) < 4.78 is 0. The summed E-state index contributed by atoms with van der Waals surface area (Å²) in [5, 5.41) is 0.708. The van der Waals surface area contributed by atoms with Crippen LogP contribution in [0.25, 0.3) is 11.0 Å². The van der Waals surface area contributed by atoms with E-state index >= 15 is 0 Å². The molecule has 90 valence electrons. The molecule has 5 heteroatoms. The van der Waals surface area contributed by atoms with Crippen LogP contribution in [-0.4, -0.2) is 22.5 Å². The molecule has 0 unspecified atom stereocenters. The Labute approximate surface area is 115 Å². The summed E-state index contributed by atoms with van der Waals surface area (Å²) in [6.45, 7) is 0. The molecular formula is C12H13ClN2S2. The Morgan fingerprint density at radius 2 is 1.59 bits per heavy atom. The van der Waals surface area contributed by atoms with Crippen molar-refractivity contribution < 1.29 is 0 Å². The molecule has 0 spiro atoms. The summed E-state index contributed by atoms with van der Waals surface area (Å²) in [6, 6.07) is 5.66. The van der Waals surface area contributed by atoms with E-state index < -0.39 is 0 Å². The first kappa shape index (κ1) is 13.0. The average Bonchev–Trinajstić information content (AvgIpc) is 2.31. The molecule has 1 aromatic carbocycles. The number of nitrogens with zero attached hydrogens (tertiary/aromatic N) is 2. The summed E-state index contributed by atoms with van der Waals surface area (Å²) in [5.41, 5.74) is 3.96. The second-order valence-electron chi connectivity index (χ2n) is 3.62. The fourth-order valence-electron chi connectivity index (χ4n) is 1.61. The molecule has 0 fully saturated rings. The summed E-state index contributed by atoms with van der Waals surface area (Å²) in [6.07, 6.45) is 4.16. The van der Waals surface area contributed by atoms with Gasteiger partial charge in [-0.15, -0.1) is 0 Å². The van der Waals surface area contributed by atoms with Gasteiger partial charge < -0.3 is 0 Å². The Kier molecular flexibility index (Phi) is 4.54. The van der Waals surface area contributed by atoms with Crippen LogP contribution in [0.4, 0.5) is 0 Å². The maximum absolute atomic E-state index is 5.97. The van der Waals surface area contributed by atoms with Crippen LogP contribution in [0.2, 0.25) is 5.02 Å². The largest absolute Gasteiger partial charge is 0.248 e. The van der Waals surface area contributed by atoms with Crippen molar-refractivity contribution in [2.45, 2.75) is 11.5 Å².